The van der Waals surface area contributed by atoms with Crippen molar-refractivity contribution in [1.82, 2.24) is 30.3 Å². The molecule has 0 bridgehead atoms. The fourth-order valence-electron chi connectivity index (χ4n) is 4.38. The molecule has 170 valence electrons. The third kappa shape index (κ3) is 4.37. The molecule has 1 saturated carbocycles. The highest BCUT2D eigenvalue weighted by Crippen LogP contribution is 2.27. The maximum Gasteiger partial charge on any atom is 0.272 e. The molecule has 0 spiro atoms. The van der Waals surface area contributed by atoms with Gasteiger partial charge in [0.2, 0.25) is 5.91 Å². The standard InChI is InChI=1S/C23H30N6O3/c1-23(22(32)26-17-9-5-3-4-6-10-17)15-29-19(21(31)28(23)2)12-18(27-29)20(30)25-14-16-8-7-11-24-13-16/h7-8,11-13,17H,3-6,9-10,14-15H2,1-2H3,(H,25,30)(H,26,32)/t23-/m1/s1. The van der Waals surface area contributed by atoms with Crippen LogP contribution >= 0.6 is 0 Å². The summed E-state index contributed by atoms with van der Waals surface area (Å²) in [6.45, 7) is 2.26. The first-order chi connectivity index (χ1) is 15.4. The molecule has 0 aromatic carbocycles. The number of fused-ring (bicyclic) bond motifs is 1. The number of hydrogen-bond acceptors (Lipinski definition) is 5. The van der Waals surface area contributed by atoms with Gasteiger partial charge in [-0.25, -0.2) is 0 Å². The molecule has 9 nitrogen and oxygen atoms in total. The Bertz CT molecular complexity index is 996. The van der Waals surface area contributed by atoms with Crippen molar-refractivity contribution in [1.29, 1.82) is 0 Å². The van der Waals surface area contributed by atoms with Gasteiger partial charge >= 0.3 is 0 Å². The molecule has 1 atom stereocenters. The number of carbonyl (C=O) groups is 3. The summed E-state index contributed by atoms with van der Waals surface area (Å²) in [5.41, 5.74) is 0.243. The third-order valence-electron chi connectivity index (χ3n) is 6.59. The molecule has 9 heteroatoms. The van der Waals surface area contributed by atoms with E-state index in [0.29, 0.717) is 12.2 Å². The highest BCUT2D eigenvalue weighted by atomic mass is 16.2. The second kappa shape index (κ2) is 9.10. The Kier molecular flexibility index (Phi) is 6.25. The molecular formula is C23H30N6O3. The molecule has 0 unspecified atom stereocenters. The molecular weight excluding hydrogens is 408 g/mol. The summed E-state index contributed by atoms with van der Waals surface area (Å²) >= 11 is 0. The minimum atomic E-state index is -1.08. The molecule has 4 rings (SSSR count). The minimum absolute atomic E-state index is 0.137. The van der Waals surface area contributed by atoms with Crippen LogP contribution in [0.5, 0.6) is 0 Å². The van der Waals surface area contributed by atoms with Crippen LogP contribution in [0.1, 0.15) is 72.0 Å². The lowest BCUT2D eigenvalue weighted by Crippen LogP contribution is -2.63. The summed E-state index contributed by atoms with van der Waals surface area (Å²) in [5, 5.41) is 10.3. The molecule has 0 radical (unpaired) electrons. The van der Waals surface area contributed by atoms with E-state index in [-0.39, 0.29) is 36.0 Å². The normalized spacial score (nSPS) is 21.6. The van der Waals surface area contributed by atoms with E-state index in [0.717, 1.165) is 31.2 Å². The van der Waals surface area contributed by atoms with Crippen molar-refractivity contribution >= 4 is 17.7 Å². The van der Waals surface area contributed by atoms with E-state index in [9.17, 15) is 14.4 Å². The van der Waals surface area contributed by atoms with E-state index in [1.807, 2.05) is 6.07 Å². The van der Waals surface area contributed by atoms with Crippen molar-refractivity contribution in [3.8, 4) is 0 Å². The van der Waals surface area contributed by atoms with E-state index in [1.165, 1.54) is 28.5 Å². The van der Waals surface area contributed by atoms with E-state index in [4.69, 9.17) is 0 Å². The Hall–Kier alpha value is -3.23. The lowest BCUT2D eigenvalue weighted by Gasteiger charge is -2.41. The fourth-order valence-corrected chi connectivity index (χ4v) is 4.38. The van der Waals surface area contributed by atoms with Crippen LogP contribution in [0.25, 0.3) is 0 Å². The van der Waals surface area contributed by atoms with E-state index < -0.39 is 5.54 Å². The number of nitrogens with one attached hydrogen (secondary N) is 2. The van der Waals surface area contributed by atoms with Gasteiger partial charge in [0.05, 0.1) is 6.54 Å². The Morgan fingerprint density at radius 3 is 2.66 bits per heavy atom. The first-order valence-electron chi connectivity index (χ1n) is 11.2. The highest BCUT2D eigenvalue weighted by Gasteiger charge is 2.46. The van der Waals surface area contributed by atoms with Gasteiger partial charge in [-0.3, -0.25) is 24.0 Å². The van der Waals surface area contributed by atoms with Crippen LogP contribution in [-0.4, -0.2) is 56.0 Å². The Morgan fingerprint density at radius 1 is 1.22 bits per heavy atom. The van der Waals surface area contributed by atoms with Gasteiger partial charge in [0.1, 0.15) is 11.2 Å². The Labute approximate surface area is 187 Å². The molecule has 3 amide bonds. The van der Waals surface area contributed by atoms with Gasteiger partial charge in [-0.2, -0.15) is 5.10 Å². The van der Waals surface area contributed by atoms with Crippen LogP contribution < -0.4 is 10.6 Å². The second-order valence-electron chi connectivity index (χ2n) is 8.92. The predicted octanol–water partition coefficient (Wildman–Crippen LogP) is 1.89. The number of nitrogens with zero attached hydrogens (tertiary/aromatic N) is 4. The molecule has 2 aromatic rings. The number of aromatic nitrogens is 3. The summed E-state index contributed by atoms with van der Waals surface area (Å²) in [5.74, 6) is -0.881. The molecule has 2 N–H and O–H groups in total. The molecule has 2 aromatic heterocycles. The number of carbonyl (C=O) groups excluding carboxylic acids is 3. The molecule has 2 aliphatic rings. The van der Waals surface area contributed by atoms with Gasteiger partial charge < -0.3 is 15.5 Å². The first-order valence-corrected chi connectivity index (χ1v) is 11.2. The minimum Gasteiger partial charge on any atom is -0.351 e. The summed E-state index contributed by atoms with van der Waals surface area (Å²) < 4.78 is 1.48. The lowest BCUT2D eigenvalue weighted by molar-refractivity contribution is -0.133. The van der Waals surface area contributed by atoms with Crippen molar-refractivity contribution in [3.63, 3.8) is 0 Å². The number of pyridine rings is 1. The molecule has 1 aliphatic heterocycles. The monoisotopic (exact) mass is 438 g/mol. The van der Waals surface area contributed by atoms with Crippen LogP contribution in [0.3, 0.4) is 0 Å². The van der Waals surface area contributed by atoms with Crippen molar-refractivity contribution in [2.75, 3.05) is 7.05 Å². The molecule has 0 saturated heterocycles. The van der Waals surface area contributed by atoms with E-state index >= 15 is 0 Å². The topological polar surface area (TPSA) is 109 Å². The average molecular weight is 439 g/mol. The zero-order valence-corrected chi connectivity index (χ0v) is 18.6. The van der Waals surface area contributed by atoms with Crippen LogP contribution in [0.2, 0.25) is 0 Å². The first kappa shape index (κ1) is 22.0. The molecule has 1 aliphatic carbocycles. The van der Waals surface area contributed by atoms with E-state index in [2.05, 4.69) is 20.7 Å². The zero-order valence-electron chi connectivity index (χ0n) is 18.6. The third-order valence-corrected chi connectivity index (χ3v) is 6.59. The average Bonchev–Trinajstić information content (AvgIpc) is 3.05. The smallest absolute Gasteiger partial charge is 0.272 e. The van der Waals surface area contributed by atoms with Crippen LogP contribution in [0, 0.1) is 0 Å². The maximum absolute atomic E-state index is 13.2. The van der Waals surface area contributed by atoms with Crippen molar-refractivity contribution in [3.05, 3.63) is 47.5 Å². The van der Waals surface area contributed by atoms with E-state index in [1.54, 1.807) is 32.4 Å². The van der Waals surface area contributed by atoms with Gasteiger partial charge in [-0.15, -0.1) is 0 Å². The number of likely N-dealkylation sites (N-methyl/N-ethyl adjacent to an activating group) is 1. The van der Waals surface area contributed by atoms with Gasteiger partial charge in [-0.05, 0) is 31.4 Å². The zero-order chi connectivity index (χ0) is 22.7. The lowest BCUT2D eigenvalue weighted by atomic mass is 9.95. The number of hydrogen-bond donors (Lipinski definition) is 2. The Balaban J connectivity index is 1.48. The summed E-state index contributed by atoms with van der Waals surface area (Å²) in [4.78, 5) is 44.4. The Morgan fingerprint density at radius 2 is 1.97 bits per heavy atom. The second-order valence-corrected chi connectivity index (χ2v) is 8.92. The van der Waals surface area contributed by atoms with Gasteiger partial charge in [0.15, 0.2) is 5.69 Å². The molecule has 32 heavy (non-hydrogen) atoms. The summed E-state index contributed by atoms with van der Waals surface area (Å²) in [6, 6.07) is 5.28. The largest absolute Gasteiger partial charge is 0.351 e. The molecule has 3 heterocycles. The van der Waals surface area contributed by atoms with Crippen molar-refractivity contribution < 1.29 is 14.4 Å². The van der Waals surface area contributed by atoms with Crippen LogP contribution in [0.4, 0.5) is 0 Å². The SMILES string of the molecule is CN1C(=O)c2cc(C(=O)NCc3cccnc3)nn2C[C@]1(C)C(=O)NC1CCCCCC1. The van der Waals surface area contributed by atoms with Crippen LogP contribution in [0.15, 0.2) is 30.6 Å². The summed E-state index contributed by atoms with van der Waals surface area (Å²) in [6.07, 6.45) is 9.89. The van der Waals surface area contributed by atoms with Crippen LogP contribution in [-0.2, 0) is 17.9 Å². The van der Waals surface area contributed by atoms with Crippen molar-refractivity contribution in [2.24, 2.45) is 0 Å². The highest BCUT2D eigenvalue weighted by molar-refractivity contribution is 6.01. The number of rotatable bonds is 5. The predicted molar refractivity (Wildman–Crippen MR) is 118 cm³/mol. The fraction of sp³-hybridized carbons (Fsp3) is 0.522. The van der Waals surface area contributed by atoms with Crippen molar-refractivity contribution in [2.45, 2.75) is 70.1 Å². The van der Waals surface area contributed by atoms with Gasteiger partial charge in [0, 0.05) is 38.1 Å². The summed E-state index contributed by atoms with van der Waals surface area (Å²) in [7, 11) is 1.63. The van der Waals surface area contributed by atoms with Gasteiger partial charge in [0.25, 0.3) is 11.8 Å². The van der Waals surface area contributed by atoms with Gasteiger partial charge in [-0.1, -0.05) is 31.7 Å². The quantitative estimate of drug-likeness (QED) is 0.693. The maximum atomic E-state index is 13.2. The molecule has 1 fully saturated rings. The number of amides is 3.